The molecule has 22 heavy (non-hydrogen) atoms. The zero-order valence-corrected chi connectivity index (χ0v) is 14.9. The Bertz CT molecular complexity index is 479. The third-order valence-corrected chi connectivity index (χ3v) is 4.26. The van der Waals surface area contributed by atoms with E-state index >= 15 is 0 Å². The molecule has 0 aliphatic carbocycles. The zero-order chi connectivity index (χ0) is 16.8. The van der Waals surface area contributed by atoms with Gasteiger partial charge in [-0.3, -0.25) is 5.32 Å². The third kappa shape index (κ3) is 6.44. The van der Waals surface area contributed by atoms with E-state index in [-0.39, 0.29) is 11.6 Å². The Morgan fingerprint density at radius 2 is 2.14 bits per heavy atom. The van der Waals surface area contributed by atoms with Crippen LogP contribution in [-0.4, -0.2) is 37.1 Å². The molecule has 1 aromatic rings. The van der Waals surface area contributed by atoms with Crippen LogP contribution in [0.25, 0.3) is 0 Å². The number of nitrogens with one attached hydrogen (secondary N) is 1. The average molecular weight is 329 g/mol. The van der Waals surface area contributed by atoms with Gasteiger partial charge in [-0.1, -0.05) is 0 Å². The third-order valence-electron chi connectivity index (χ3n) is 3.11. The van der Waals surface area contributed by atoms with Crippen LogP contribution in [0.3, 0.4) is 0 Å². The van der Waals surface area contributed by atoms with E-state index in [1.54, 1.807) is 6.07 Å². The highest BCUT2D eigenvalue weighted by atomic mass is 32.1. The Morgan fingerprint density at radius 3 is 2.73 bits per heavy atom. The Kier molecular flexibility index (Phi) is 7.48. The molecule has 0 fully saturated rings. The van der Waals surface area contributed by atoms with Gasteiger partial charge in [-0.25, -0.2) is 4.79 Å². The number of carbonyl (C=O) groups is 1. The second-order valence-electron chi connectivity index (χ2n) is 6.17. The van der Waals surface area contributed by atoms with Gasteiger partial charge in [0, 0.05) is 9.75 Å². The lowest BCUT2D eigenvalue weighted by Crippen LogP contribution is -2.28. The maximum absolute atomic E-state index is 11.6. The molecular weight excluding hydrogens is 302 g/mol. The molecule has 1 aromatic heterocycles. The SMILES string of the molecule is COC(=O)c1cc(C(O)CCCNCOC(C)(C)C)sc1C. The molecule has 6 heteroatoms. The fourth-order valence-electron chi connectivity index (χ4n) is 1.88. The average Bonchev–Trinajstić information content (AvgIpc) is 2.82. The molecule has 126 valence electrons. The largest absolute Gasteiger partial charge is 0.465 e. The van der Waals surface area contributed by atoms with Crippen LogP contribution in [-0.2, 0) is 9.47 Å². The highest BCUT2D eigenvalue weighted by Crippen LogP contribution is 2.29. The fourth-order valence-corrected chi connectivity index (χ4v) is 2.92. The quantitative estimate of drug-likeness (QED) is 0.436. The van der Waals surface area contributed by atoms with E-state index in [0.29, 0.717) is 18.7 Å². The molecule has 0 saturated carbocycles. The van der Waals surface area contributed by atoms with Crippen LogP contribution in [0.1, 0.15) is 59.8 Å². The summed E-state index contributed by atoms with van der Waals surface area (Å²) in [5.41, 5.74) is 0.393. The number of esters is 1. The minimum absolute atomic E-state index is 0.148. The van der Waals surface area contributed by atoms with E-state index in [9.17, 15) is 9.90 Å². The summed E-state index contributed by atoms with van der Waals surface area (Å²) in [6.45, 7) is 9.17. The fraction of sp³-hybridized carbons (Fsp3) is 0.688. The molecule has 0 bridgehead atoms. The predicted molar refractivity (Wildman–Crippen MR) is 88.3 cm³/mol. The molecule has 0 amide bonds. The number of rotatable bonds is 8. The number of aliphatic hydroxyl groups excluding tert-OH is 1. The van der Waals surface area contributed by atoms with Gasteiger partial charge >= 0.3 is 5.97 Å². The van der Waals surface area contributed by atoms with Gasteiger partial charge in [-0.2, -0.15) is 0 Å². The highest BCUT2D eigenvalue weighted by Gasteiger charge is 2.17. The van der Waals surface area contributed by atoms with E-state index in [4.69, 9.17) is 9.47 Å². The van der Waals surface area contributed by atoms with Crippen LogP contribution in [0.15, 0.2) is 6.07 Å². The van der Waals surface area contributed by atoms with Crippen molar-refractivity contribution in [3.63, 3.8) is 0 Å². The van der Waals surface area contributed by atoms with Crippen LogP contribution < -0.4 is 5.32 Å². The Labute approximate surface area is 136 Å². The van der Waals surface area contributed by atoms with Gasteiger partial charge in [0.25, 0.3) is 0 Å². The molecule has 5 nitrogen and oxygen atoms in total. The molecule has 0 aromatic carbocycles. The number of hydrogen-bond donors (Lipinski definition) is 2. The Balaban J connectivity index is 2.34. The first-order valence-electron chi connectivity index (χ1n) is 7.46. The predicted octanol–water partition coefficient (Wildman–Crippen LogP) is 3.02. The lowest BCUT2D eigenvalue weighted by atomic mass is 10.1. The number of hydrogen-bond acceptors (Lipinski definition) is 6. The summed E-state index contributed by atoms with van der Waals surface area (Å²) >= 11 is 1.44. The molecule has 1 unspecified atom stereocenters. The summed E-state index contributed by atoms with van der Waals surface area (Å²) in [5.74, 6) is -0.354. The first kappa shape index (κ1) is 19.1. The summed E-state index contributed by atoms with van der Waals surface area (Å²) in [6, 6.07) is 1.73. The van der Waals surface area contributed by atoms with Gasteiger partial charge in [0.2, 0.25) is 0 Å². The molecule has 1 rings (SSSR count). The highest BCUT2D eigenvalue weighted by molar-refractivity contribution is 7.12. The molecule has 0 aliphatic heterocycles. The van der Waals surface area contributed by atoms with Crippen LogP contribution in [0.4, 0.5) is 0 Å². The number of carbonyl (C=O) groups excluding carboxylic acids is 1. The van der Waals surface area contributed by atoms with Crippen LogP contribution in [0.2, 0.25) is 0 Å². The van der Waals surface area contributed by atoms with Crippen molar-refractivity contribution in [1.82, 2.24) is 5.32 Å². The van der Waals surface area contributed by atoms with Gasteiger partial charge in [0.05, 0.1) is 31.1 Å². The van der Waals surface area contributed by atoms with Crippen molar-refractivity contribution in [3.8, 4) is 0 Å². The maximum atomic E-state index is 11.6. The van der Waals surface area contributed by atoms with Gasteiger partial charge in [-0.05, 0) is 53.1 Å². The second-order valence-corrected chi connectivity index (χ2v) is 7.46. The second kappa shape index (κ2) is 8.62. The number of thiophene rings is 1. The van der Waals surface area contributed by atoms with E-state index < -0.39 is 6.10 Å². The molecule has 0 aliphatic rings. The van der Waals surface area contributed by atoms with Crippen LogP contribution in [0.5, 0.6) is 0 Å². The van der Waals surface area contributed by atoms with Crippen molar-refractivity contribution in [2.24, 2.45) is 0 Å². The van der Waals surface area contributed by atoms with Crippen LogP contribution >= 0.6 is 11.3 Å². The molecule has 0 saturated heterocycles. The first-order valence-corrected chi connectivity index (χ1v) is 8.27. The number of methoxy groups -OCH3 is 1. The molecule has 2 N–H and O–H groups in total. The molecular formula is C16H27NO4S. The Morgan fingerprint density at radius 1 is 1.45 bits per heavy atom. The standard InChI is InChI=1S/C16H27NO4S/c1-11-12(15(19)20-5)9-14(22-11)13(18)7-6-8-17-10-21-16(2,3)4/h9,13,17-18H,6-8,10H2,1-5H3. The van der Waals surface area contributed by atoms with Crippen molar-refractivity contribution < 1.29 is 19.4 Å². The van der Waals surface area contributed by atoms with Gasteiger partial charge < -0.3 is 14.6 Å². The van der Waals surface area contributed by atoms with Gasteiger partial charge in [0.1, 0.15) is 0 Å². The zero-order valence-electron chi connectivity index (χ0n) is 14.1. The maximum Gasteiger partial charge on any atom is 0.338 e. The van der Waals surface area contributed by atoms with E-state index in [2.05, 4.69) is 5.32 Å². The normalized spacial score (nSPS) is 13.2. The van der Waals surface area contributed by atoms with E-state index in [1.165, 1.54) is 18.4 Å². The lowest BCUT2D eigenvalue weighted by molar-refractivity contribution is -0.0133. The van der Waals surface area contributed by atoms with Crippen molar-refractivity contribution in [2.75, 3.05) is 20.4 Å². The van der Waals surface area contributed by atoms with Gasteiger partial charge in [-0.15, -0.1) is 11.3 Å². The minimum Gasteiger partial charge on any atom is -0.465 e. The van der Waals surface area contributed by atoms with Crippen molar-refractivity contribution in [1.29, 1.82) is 0 Å². The summed E-state index contributed by atoms with van der Waals surface area (Å²) in [6.07, 6.45) is 0.926. The van der Waals surface area contributed by atoms with E-state index in [0.717, 1.165) is 22.7 Å². The number of ether oxygens (including phenoxy) is 2. The topological polar surface area (TPSA) is 67.8 Å². The Hall–Kier alpha value is -0.950. The van der Waals surface area contributed by atoms with Crippen molar-refractivity contribution in [2.45, 2.75) is 52.2 Å². The summed E-state index contributed by atoms with van der Waals surface area (Å²) < 4.78 is 10.3. The monoisotopic (exact) mass is 329 g/mol. The summed E-state index contributed by atoms with van der Waals surface area (Å²) in [7, 11) is 1.36. The summed E-state index contributed by atoms with van der Waals surface area (Å²) in [4.78, 5) is 13.2. The van der Waals surface area contributed by atoms with Crippen molar-refractivity contribution in [3.05, 3.63) is 21.4 Å². The van der Waals surface area contributed by atoms with Crippen LogP contribution in [0, 0.1) is 6.92 Å². The lowest BCUT2D eigenvalue weighted by Gasteiger charge is -2.19. The van der Waals surface area contributed by atoms with Crippen molar-refractivity contribution >= 4 is 17.3 Å². The molecule has 1 atom stereocenters. The molecule has 0 spiro atoms. The van der Waals surface area contributed by atoms with E-state index in [1.807, 2.05) is 27.7 Å². The first-order chi connectivity index (χ1) is 10.2. The molecule has 1 heterocycles. The number of aliphatic hydroxyl groups is 1. The van der Waals surface area contributed by atoms with Gasteiger partial charge in [0.15, 0.2) is 0 Å². The summed E-state index contributed by atoms with van der Waals surface area (Å²) in [5, 5.41) is 13.4. The minimum atomic E-state index is -0.549. The number of aryl methyl sites for hydroxylation is 1. The molecule has 0 radical (unpaired) electrons. The smallest absolute Gasteiger partial charge is 0.338 e.